The van der Waals surface area contributed by atoms with E-state index in [0.717, 1.165) is 0 Å². The summed E-state index contributed by atoms with van der Waals surface area (Å²) >= 11 is 1.89. The smallest absolute Gasteiger partial charge is 0.0520 e. The maximum absolute atomic E-state index is 3.42. The number of para-hydroxylation sites is 1. The van der Waals surface area contributed by atoms with Gasteiger partial charge >= 0.3 is 0 Å². The van der Waals surface area contributed by atoms with E-state index in [1.807, 2.05) is 18.7 Å². The summed E-state index contributed by atoms with van der Waals surface area (Å²) in [4.78, 5) is 1.30. The van der Waals surface area contributed by atoms with Crippen LogP contribution in [0.25, 0.3) is 0 Å². The van der Waals surface area contributed by atoms with E-state index in [1.165, 1.54) is 16.3 Å². The summed E-state index contributed by atoms with van der Waals surface area (Å²) in [5.41, 5.74) is 2.37. The van der Waals surface area contributed by atoms with Crippen molar-refractivity contribution in [1.29, 1.82) is 0 Å². The number of allylic oxidation sites excluding steroid dienone is 2. The molecule has 16 heavy (non-hydrogen) atoms. The van der Waals surface area contributed by atoms with Crippen LogP contribution in [0.3, 0.4) is 0 Å². The molecule has 0 heterocycles. The van der Waals surface area contributed by atoms with Crippen molar-refractivity contribution in [3.05, 3.63) is 36.0 Å². The van der Waals surface area contributed by atoms with Crippen molar-refractivity contribution < 1.29 is 0 Å². The fourth-order valence-corrected chi connectivity index (χ4v) is 2.31. The monoisotopic (exact) mass is 235 g/mol. The number of benzene rings is 1. The molecule has 0 aliphatic carbocycles. The Kier molecular flexibility index (Phi) is 4.48. The average molecular weight is 235 g/mol. The Bertz CT molecular complexity index is 375. The molecule has 2 heteroatoms. The zero-order chi connectivity index (χ0) is 12.2. The predicted molar refractivity (Wildman–Crippen MR) is 75.1 cm³/mol. The molecular weight excluding hydrogens is 214 g/mol. The second kappa shape index (κ2) is 5.44. The van der Waals surface area contributed by atoms with E-state index in [9.17, 15) is 0 Å². The van der Waals surface area contributed by atoms with Gasteiger partial charge in [-0.15, -0.1) is 11.8 Å². The Morgan fingerprint density at radius 2 is 1.88 bits per heavy atom. The highest BCUT2D eigenvalue weighted by Gasteiger charge is 2.14. The lowest BCUT2D eigenvalue weighted by Gasteiger charge is -2.20. The largest absolute Gasteiger partial charge is 0.359 e. The van der Waals surface area contributed by atoms with Crippen molar-refractivity contribution in [1.82, 2.24) is 0 Å². The van der Waals surface area contributed by atoms with Crippen molar-refractivity contribution in [2.24, 2.45) is 0 Å². The molecule has 1 aromatic carbocycles. The van der Waals surface area contributed by atoms with Gasteiger partial charge < -0.3 is 5.32 Å². The molecule has 1 aromatic rings. The Morgan fingerprint density at radius 1 is 1.25 bits per heavy atom. The lowest BCUT2D eigenvalue weighted by Crippen LogP contribution is -2.08. The third kappa shape index (κ3) is 4.31. The van der Waals surface area contributed by atoms with E-state index >= 15 is 0 Å². The van der Waals surface area contributed by atoms with Crippen molar-refractivity contribution in [2.75, 3.05) is 5.32 Å². The summed E-state index contributed by atoms with van der Waals surface area (Å²) in [6.45, 7) is 10.8. The second-order valence-electron chi connectivity index (χ2n) is 4.81. The fourth-order valence-electron chi connectivity index (χ4n) is 1.27. The second-order valence-corrected chi connectivity index (χ2v) is 6.68. The van der Waals surface area contributed by atoms with Gasteiger partial charge in [0.2, 0.25) is 0 Å². The summed E-state index contributed by atoms with van der Waals surface area (Å²) in [6.07, 6.45) is 2.08. The van der Waals surface area contributed by atoms with Crippen LogP contribution in [0.1, 0.15) is 34.6 Å². The molecule has 1 N–H and O–H groups in total. The Labute approximate surface area is 103 Å². The fraction of sp³-hybridized carbons (Fsp3) is 0.429. The van der Waals surface area contributed by atoms with Crippen LogP contribution >= 0.6 is 11.8 Å². The molecule has 0 bridgehead atoms. The van der Waals surface area contributed by atoms with Crippen LogP contribution in [0.15, 0.2) is 40.9 Å². The average Bonchev–Trinajstić information content (AvgIpc) is 2.18. The van der Waals surface area contributed by atoms with Crippen molar-refractivity contribution in [3.8, 4) is 0 Å². The van der Waals surface area contributed by atoms with Gasteiger partial charge in [-0.3, -0.25) is 0 Å². The third-order valence-corrected chi connectivity index (χ3v) is 3.26. The van der Waals surface area contributed by atoms with Gasteiger partial charge in [0.05, 0.1) is 5.69 Å². The Balaban J connectivity index is 2.92. The maximum Gasteiger partial charge on any atom is 0.0520 e. The van der Waals surface area contributed by atoms with Gasteiger partial charge in [0.1, 0.15) is 0 Å². The van der Waals surface area contributed by atoms with Crippen LogP contribution in [0, 0.1) is 0 Å². The molecule has 0 saturated carbocycles. The van der Waals surface area contributed by atoms with E-state index in [4.69, 9.17) is 0 Å². The molecule has 0 amide bonds. The lowest BCUT2D eigenvalue weighted by atomic mass is 10.3. The number of nitrogens with one attached hydrogen (secondary N) is 1. The van der Waals surface area contributed by atoms with Crippen LogP contribution in [0.5, 0.6) is 0 Å². The minimum absolute atomic E-state index is 0.238. The third-order valence-electron chi connectivity index (χ3n) is 2.07. The van der Waals surface area contributed by atoms with E-state index in [-0.39, 0.29) is 4.75 Å². The van der Waals surface area contributed by atoms with Gasteiger partial charge in [0.25, 0.3) is 0 Å². The topological polar surface area (TPSA) is 12.0 Å². The van der Waals surface area contributed by atoms with Gasteiger partial charge in [-0.1, -0.05) is 39.0 Å². The quantitative estimate of drug-likeness (QED) is 0.747. The Hall–Kier alpha value is -0.890. The highest BCUT2D eigenvalue weighted by molar-refractivity contribution is 8.00. The van der Waals surface area contributed by atoms with Crippen molar-refractivity contribution >= 4 is 17.4 Å². The number of rotatable bonds is 3. The molecule has 0 atom stereocenters. The van der Waals surface area contributed by atoms with E-state index in [1.54, 1.807) is 0 Å². The molecule has 0 unspecified atom stereocenters. The lowest BCUT2D eigenvalue weighted by molar-refractivity contribution is 0.803. The molecule has 0 radical (unpaired) electrons. The van der Waals surface area contributed by atoms with Crippen LogP contribution in [-0.4, -0.2) is 4.75 Å². The number of thioether (sulfide) groups is 1. The van der Waals surface area contributed by atoms with E-state index < -0.39 is 0 Å². The van der Waals surface area contributed by atoms with Gasteiger partial charge in [0.15, 0.2) is 0 Å². The molecule has 0 aromatic heterocycles. The number of hydrogen-bond acceptors (Lipinski definition) is 2. The zero-order valence-electron chi connectivity index (χ0n) is 10.8. The molecule has 0 aliphatic heterocycles. The molecule has 0 aliphatic rings. The summed E-state index contributed by atoms with van der Waals surface area (Å²) in [5, 5.41) is 3.42. The highest BCUT2D eigenvalue weighted by Crippen LogP contribution is 2.36. The number of hydrogen-bond donors (Lipinski definition) is 1. The Morgan fingerprint density at radius 3 is 2.44 bits per heavy atom. The minimum atomic E-state index is 0.238. The standard InChI is InChI=1S/C14H21NS/c1-6-11(2)15-12-9-7-8-10-13(12)16-14(3,4)5/h6-10,15H,1-5H3/b11-6-. The molecular formula is C14H21NS. The van der Waals surface area contributed by atoms with Crippen LogP contribution in [0.2, 0.25) is 0 Å². The van der Waals surface area contributed by atoms with Crippen LogP contribution in [0.4, 0.5) is 5.69 Å². The molecule has 0 fully saturated rings. The van der Waals surface area contributed by atoms with Crippen molar-refractivity contribution in [3.63, 3.8) is 0 Å². The molecule has 0 spiro atoms. The van der Waals surface area contributed by atoms with Gasteiger partial charge in [-0.05, 0) is 26.0 Å². The van der Waals surface area contributed by atoms with Gasteiger partial charge in [0, 0.05) is 15.3 Å². The van der Waals surface area contributed by atoms with Gasteiger partial charge in [-0.2, -0.15) is 0 Å². The summed E-state index contributed by atoms with van der Waals surface area (Å²) in [5.74, 6) is 0. The molecule has 1 rings (SSSR count). The molecule has 1 nitrogen and oxygen atoms in total. The first-order valence-corrected chi connectivity index (χ1v) is 6.42. The van der Waals surface area contributed by atoms with Crippen molar-refractivity contribution in [2.45, 2.75) is 44.3 Å². The first-order chi connectivity index (χ1) is 7.42. The van der Waals surface area contributed by atoms with Crippen LogP contribution < -0.4 is 5.32 Å². The SMILES string of the molecule is C/C=C(/C)Nc1ccccc1SC(C)(C)C. The molecule has 0 saturated heterocycles. The summed E-state index contributed by atoms with van der Waals surface area (Å²) in [6, 6.07) is 8.45. The molecule has 88 valence electrons. The maximum atomic E-state index is 3.42. The minimum Gasteiger partial charge on any atom is -0.359 e. The first-order valence-electron chi connectivity index (χ1n) is 5.60. The normalized spacial score (nSPS) is 12.7. The zero-order valence-corrected chi connectivity index (χ0v) is 11.6. The highest BCUT2D eigenvalue weighted by atomic mass is 32.2. The number of anilines is 1. The predicted octanol–water partition coefficient (Wildman–Crippen LogP) is 4.91. The summed E-state index contributed by atoms with van der Waals surface area (Å²) < 4.78 is 0.238. The van der Waals surface area contributed by atoms with E-state index in [2.05, 4.69) is 63.4 Å². The van der Waals surface area contributed by atoms with Gasteiger partial charge in [-0.25, -0.2) is 0 Å². The summed E-state index contributed by atoms with van der Waals surface area (Å²) in [7, 11) is 0. The first kappa shape index (κ1) is 13.2. The van der Waals surface area contributed by atoms with Crippen LogP contribution in [-0.2, 0) is 0 Å². The van der Waals surface area contributed by atoms with E-state index in [0.29, 0.717) is 0 Å².